The molecule has 0 radical (unpaired) electrons. The highest BCUT2D eigenvalue weighted by atomic mass is 35.5. The summed E-state index contributed by atoms with van der Waals surface area (Å²) in [4.78, 5) is 0. The molecule has 4 heteroatoms. The van der Waals surface area contributed by atoms with Gasteiger partial charge in [-0.1, -0.05) is 65.2 Å². The van der Waals surface area contributed by atoms with Crippen molar-refractivity contribution in [2.24, 2.45) is 5.92 Å². The van der Waals surface area contributed by atoms with Crippen LogP contribution in [-0.2, 0) is 0 Å². The van der Waals surface area contributed by atoms with Crippen LogP contribution in [0, 0.1) is 5.92 Å². The zero-order valence-corrected chi connectivity index (χ0v) is 16.7. The highest BCUT2D eigenvalue weighted by Crippen LogP contribution is 2.23. The predicted octanol–water partition coefficient (Wildman–Crippen LogP) is 5.54. The quantitative estimate of drug-likeness (QED) is 0.316. The summed E-state index contributed by atoms with van der Waals surface area (Å²) in [6.07, 6.45) is 11.8. The van der Waals surface area contributed by atoms with Gasteiger partial charge in [-0.15, -0.1) is 24.0 Å². The maximum atomic E-state index is 9.54. The van der Waals surface area contributed by atoms with Gasteiger partial charge in [0, 0.05) is 18.0 Å². The summed E-state index contributed by atoms with van der Waals surface area (Å²) in [6, 6.07) is 0. The number of β-amino-alcohol motifs (C(OH)–C–C–N with tert-alkyl or cyclic N) is 1. The van der Waals surface area contributed by atoms with Crippen LogP contribution in [0.2, 0.25) is 0 Å². The van der Waals surface area contributed by atoms with Crippen molar-refractivity contribution in [1.82, 2.24) is 5.32 Å². The van der Waals surface area contributed by atoms with Gasteiger partial charge in [0.05, 0.1) is 6.10 Å². The second-order valence-electron chi connectivity index (χ2n) is 7.08. The summed E-state index contributed by atoms with van der Waals surface area (Å²) >= 11 is 5.63. The Morgan fingerprint density at radius 3 is 2.00 bits per heavy atom. The molecule has 0 bridgehead atoms. The fourth-order valence-corrected chi connectivity index (χ4v) is 2.66. The first kappa shape index (κ1) is 24.7. The molecule has 2 N–H and O–H groups in total. The van der Waals surface area contributed by atoms with Crippen LogP contribution >= 0.6 is 24.0 Å². The minimum absolute atomic E-state index is 0. The summed E-state index contributed by atoms with van der Waals surface area (Å²) in [6.45, 7) is 9.61. The lowest BCUT2D eigenvalue weighted by atomic mass is 9.84. The highest BCUT2D eigenvalue weighted by molar-refractivity contribution is 6.18. The van der Waals surface area contributed by atoms with Crippen molar-refractivity contribution in [2.45, 2.75) is 97.1 Å². The minimum atomic E-state index is -0.443. The second kappa shape index (κ2) is 15.1. The number of alkyl halides is 1. The molecule has 0 aromatic carbocycles. The Morgan fingerprint density at radius 2 is 1.50 bits per heavy atom. The molecule has 0 saturated carbocycles. The lowest BCUT2D eigenvalue weighted by molar-refractivity contribution is 0.161. The number of unbranched alkanes of at least 4 members (excludes halogenated alkanes) is 7. The van der Waals surface area contributed by atoms with Crippen molar-refractivity contribution >= 4 is 24.0 Å². The van der Waals surface area contributed by atoms with Crippen LogP contribution in [0.3, 0.4) is 0 Å². The van der Waals surface area contributed by atoms with Crippen molar-refractivity contribution in [3.8, 4) is 0 Å². The molecule has 2 nitrogen and oxygen atoms in total. The molecule has 0 aliphatic carbocycles. The molecular formula is C18H39Cl2NO. The maximum Gasteiger partial charge on any atom is 0.0799 e. The van der Waals surface area contributed by atoms with Gasteiger partial charge in [0.25, 0.3) is 0 Å². The SMILES string of the molecule is CCCCCCCCCCC(C)C(C)(C)NCC(O)CCl.Cl. The van der Waals surface area contributed by atoms with E-state index in [1.807, 2.05) is 0 Å². The van der Waals surface area contributed by atoms with E-state index in [1.54, 1.807) is 0 Å². The lowest BCUT2D eigenvalue weighted by Gasteiger charge is -2.34. The van der Waals surface area contributed by atoms with Crippen LogP contribution in [0.25, 0.3) is 0 Å². The van der Waals surface area contributed by atoms with Crippen molar-refractivity contribution in [1.29, 1.82) is 0 Å². The first-order valence-electron chi connectivity index (χ1n) is 8.93. The van der Waals surface area contributed by atoms with Crippen LogP contribution in [-0.4, -0.2) is 29.2 Å². The Hall–Kier alpha value is 0.500. The van der Waals surface area contributed by atoms with Gasteiger partial charge >= 0.3 is 0 Å². The van der Waals surface area contributed by atoms with E-state index in [1.165, 1.54) is 57.8 Å². The summed E-state index contributed by atoms with van der Waals surface area (Å²) in [5, 5.41) is 13.0. The molecule has 0 spiro atoms. The third-order valence-electron chi connectivity index (χ3n) is 4.69. The monoisotopic (exact) mass is 355 g/mol. The van der Waals surface area contributed by atoms with E-state index in [9.17, 15) is 5.11 Å². The molecular weight excluding hydrogens is 317 g/mol. The van der Waals surface area contributed by atoms with Gasteiger partial charge in [-0.3, -0.25) is 0 Å². The first-order valence-corrected chi connectivity index (χ1v) is 9.46. The van der Waals surface area contributed by atoms with Crippen molar-refractivity contribution in [3.05, 3.63) is 0 Å². The summed E-state index contributed by atoms with van der Waals surface area (Å²) in [5.41, 5.74) is 0.0637. The number of halogens is 2. The number of nitrogens with one attached hydrogen (secondary N) is 1. The van der Waals surface area contributed by atoms with E-state index in [-0.39, 0.29) is 17.9 Å². The van der Waals surface area contributed by atoms with E-state index in [4.69, 9.17) is 11.6 Å². The molecule has 0 fully saturated rings. The van der Waals surface area contributed by atoms with Crippen LogP contribution in [0.4, 0.5) is 0 Å². The van der Waals surface area contributed by atoms with Crippen molar-refractivity contribution in [3.63, 3.8) is 0 Å². The van der Waals surface area contributed by atoms with E-state index in [0.29, 0.717) is 18.3 Å². The Kier molecular flexibility index (Phi) is 16.9. The smallest absolute Gasteiger partial charge is 0.0799 e. The molecule has 0 rings (SSSR count). The van der Waals surface area contributed by atoms with Gasteiger partial charge in [0.2, 0.25) is 0 Å². The van der Waals surface area contributed by atoms with Gasteiger partial charge in [0.1, 0.15) is 0 Å². The number of hydrogen-bond donors (Lipinski definition) is 2. The molecule has 136 valence electrons. The van der Waals surface area contributed by atoms with Crippen molar-refractivity contribution < 1.29 is 5.11 Å². The molecule has 0 aromatic rings. The first-order chi connectivity index (χ1) is 9.94. The molecule has 0 saturated heterocycles. The lowest BCUT2D eigenvalue weighted by Crippen LogP contribution is -2.48. The van der Waals surface area contributed by atoms with E-state index >= 15 is 0 Å². The average molecular weight is 356 g/mol. The van der Waals surface area contributed by atoms with E-state index in [0.717, 1.165) is 0 Å². The van der Waals surface area contributed by atoms with Gasteiger partial charge in [-0.2, -0.15) is 0 Å². The van der Waals surface area contributed by atoms with Crippen LogP contribution in [0.15, 0.2) is 0 Å². The van der Waals surface area contributed by atoms with Gasteiger partial charge in [-0.05, 0) is 26.2 Å². The van der Waals surface area contributed by atoms with E-state index in [2.05, 4.69) is 33.0 Å². The highest BCUT2D eigenvalue weighted by Gasteiger charge is 2.25. The number of hydrogen-bond acceptors (Lipinski definition) is 2. The number of aliphatic hydroxyl groups excluding tert-OH is 1. The Labute approximate surface area is 150 Å². The van der Waals surface area contributed by atoms with Gasteiger partial charge < -0.3 is 10.4 Å². The van der Waals surface area contributed by atoms with Crippen molar-refractivity contribution in [2.75, 3.05) is 12.4 Å². The zero-order chi connectivity index (χ0) is 16.1. The average Bonchev–Trinajstić information content (AvgIpc) is 2.47. The number of aliphatic hydroxyl groups is 1. The molecule has 0 heterocycles. The van der Waals surface area contributed by atoms with Crippen LogP contribution in [0.1, 0.15) is 85.5 Å². The maximum absolute atomic E-state index is 9.54. The third kappa shape index (κ3) is 13.0. The summed E-state index contributed by atoms with van der Waals surface area (Å²) < 4.78 is 0. The Morgan fingerprint density at radius 1 is 1.00 bits per heavy atom. The fraction of sp³-hybridized carbons (Fsp3) is 1.00. The summed E-state index contributed by atoms with van der Waals surface area (Å²) in [5.74, 6) is 0.912. The van der Waals surface area contributed by atoms with E-state index < -0.39 is 6.10 Å². The topological polar surface area (TPSA) is 32.3 Å². The van der Waals surface area contributed by atoms with Crippen LogP contribution in [0.5, 0.6) is 0 Å². The molecule has 2 unspecified atom stereocenters. The molecule has 22 heavy (non-hydrogen) atoms. The summed E-state index contributed by atoms with van der Waals surface area (Å²) in [7, 11) is 0. The molecule has 0 aliphatic heterocycles. The van der Waals surface area contributed by atoms with Gasteiger partial charge in [-0.25, -0.2) is 0 Å². The van der Waals surface area contributed by atoms with Gasteiger partial charge in [0.15, 0.2) is 0 Å². The van der Waals surface area contributed by atoms with Crippen LogP contribution < -0.4 is 5.32 Å². The molecule has 0 aromatic heterocycles. The normalized spacial score (nSPS) is 14.5. The third-order valence-corrected chi connectivity index (χ3v) is 5.05. The molecule has 2 atom stereocenters. The predicted molar refractivity (Wildman–Crippen MR) is 102 cm³/mol. The Balaban J connectivity index is 0. The standard InChI is InChI=1S/C18H38ClNO.ClH/c1-5-6-7-8-9-10-11-12-13-16(2)18(3,4)20-15-17(21)14-19;/h16-17,20-21H,5-15H2,1-4H3;1H. The largest absolute Gasteiger partial charge is 0.391 e. The molecule has 0 aliphatic rings. The fourth-order valence-electron chi connectivity index (χ4n) is 2.55. The second-order valence-corrected chi connectivity index (χ2v) is 7.38. The Bertz CT molecular complexity index is 237. The number of rotatable bonds is 14. The zero-order valence-electron chi connectivity index (χ0n) is 15.2. The minimum Gasteiger partial charge on any atom is -0.391 e. The molecule has 0 amide bonds.